The van der Waals surface area contributed by atoms with Crippen LogP contribution in [-0.4, -0.2) is 31.8 Å². The number of aromatic nitrogens is 2. The highest BCUT2D eigenvalue weighted by molar-refractivity contribution is 7.80. The van der Waals surface area contributed by atoms with Crippen molar-refractivity contribution in [3.8, 4) is 0 Å². The van der Waals surface area contributed by atoms with Crippen LogP contribution in [0.4, 0.5) is 11.4 Å². The lowest BCUT2D eigenvalue weighted by Gasteiger charge is -2.11. The van der Waals surface area contributed by atoms with Crippen LogP contribution < -0.4 is 10.0 Å². The molecule has 2 aromatic heterocycles. The SMILES string of the molecule is COC(=O)c1cc2cc(NCc3cc(NS(=O)O)ccc3C)cnc2[nH]1. The zero-order valence-electron chi connectivity index (χ0n) is 14.2. The predicted octanol–water partition coefficient (Wildman–Crippen LogP) is 2.82. The van der Waals surface area contributed by atoms with Crippen LogP contribution >= 0.6 is 0 Å². The maximum Gasteiger partial charge on any atom is 0.354 e. The highest BCUT2D eigenvalue weighted by Gasteiger charge is 2.10. The summed E-state index contributed by atoms with van der Waals surface area (Å²) in [5.74, 6) is -0.446. The minimum absolute atomic E-state index is 0.346. The molecule has 0 amide bonds. The molecule has 4 N–H and O–H groups in total. The number of anilines is 2. The van der Waals surface area contributed by atoms with Crippen LogP contribution in [0.1, 0.15) is 21.6 Å². The zero-order valence-corrected chi connectivity index (χ0v) is 15.0. The lowest BCUT2D eigenvalue weighted by atomic mass is 10.1. The van der Waals surface area contributed by atoms with Crippen LogP contribution in [0.3, 0.4) is 0 Å². The van der Waals surface area contributed by atoms with Crippen LogP contribution in [0.15, 0.2) is 36.5 Å². The van der Waals surface area contributed by atoms with Crippen molar-refractivity contribution in [2.24, 2.45) is 0 Å². The standard InChI is InChI=1S/C17H18N4O4S/c1-10-3-4-13(21-26(23)24)6-12(10)8-18-14-5-11-7-15(17(22)25-2)20-16(11)19-9-14/h3-7,9,18,21H,8H2,1-2H3,(H,19,20)(H,23,24). The highest BCUT2D eigenvalue weighted by Crippen LogP contribution is 2.21. The van der Waals surface area contributed by atoms with E-state index < -0.39 is 17.2 Å². The molecule has 0 radical (unpaired) electrons. The van der Waals surface area contributed by atoms with Crippen molar-refractivity contribution in [3.63, 3.8) is 0 Å². The van der Waals surface area contributed by atoms with E-state index in [1.807, 2.05) is 25.1 Å². The summed E-state index contributed by atoms with van der Waals surface area (Å²) in [5, 5.41) is 4.06. The topological polar surface area (TPSA) is 116 Å². The van der Waals surface area contributed by atoms with Crippen molar-refractivity contribution >= 4 is 39.6 Å². The Bertz CT molecular complexity index is 986. The van der Waals surface area contributed by atoms with Crippen LogP contribution in [0.5, 0.6) is 0 Å². The summed E-state index contributed by atoms with van der Waals surface area (Å²) in [7, 11) is 1.33. The largest absolute Gasteiger partial charge is 0.464 e. The number of aryl methyl sites for hydroxylation is 1. The molecule has 8 nitrogen and oxygen atoms in total. The average molecular weight is 374 g/mol. The Morgan fingerprint density at radius 2 is 2.12 bits per heavy atom. The van der Waals surface area contributed by atoms with E-state index in [4.69, 9.17) is 9.29 Å². The van der Waals surface area contributed by atoms with Crippen molar-refractivity contribution in [1.29, 1.82) is 0 Å². The first-order chi connectivity index (χ1) is 12.5. The van der Waals surface area contributed by atoms with Crippen LogP contribution in [0.2, 0.25) is 0 Å². The average Bonchev–Trinajstić information content (AvgIpc) is 3.04. The number of hydrogen-bond acceptors (Lipinski definition) is 5. The molecular weight excluding hydrogens is 356 g/mol. The lowest BCUT2D eigenvalue weighted by Crippen LogP contribution is -2.05. The summed E-state index contributed by atoms with van der Waals surface area (Å²) in [6.45, 7) is 2.48. The first kappa shape index (κ1) is 17.9. The fraction of sp³-hybridized carbons (Fsp3) is 0.176. The molecule has 0 saturated heterocycles. The smallest absolute Gasteiger partial charge is 0.354 e. The maximum atomic E-state index is 11.6. The quantitative estimate of drug-likeness (QED) is 0.389. The summed E-state index contributed by atoms with van der Waals surface area (Å²) in [6, 6.07) is 9.00. The first-order valence-electron chi connectivity index (χ1n) is 7.74. The van der Waals surface area contributed by atoms with Gasteiger partial charge in [0.15, 0.2) is 0 Å². The number of carbonyl (C=O) groups is 1. The van der Waals surface area contributed by atoms with Gasteiger partial charge in [0.2, 0.25) is 0 Å². The molecule has 2 heterocycles. The van der Waals surface area contributed by atoms with Crippen LogP contribution in [-0.2, 0) is 22.5 Å². The summed E-state index contributed by atoms with van der Waals surface area (Å²) < 4.78 is 27.0. The Morgan fingerprint density at radius 3 is 2.85 bits per heavy atom. The maximum absolute atomic E-state index is 11.6. The molecule has 0 saturated carbocycles. The second-order valence-corrected chi connectivity index (χ2v) is 6.38. The van der Waals surface area contributed by atoms with Gasteiger partial charge in [0.1, 0.15) is 11.3 Å². The molecule has 136 valence electrons. The summed E-state index contributed by atoms with van der Waals surface area (Å²) in [4.78, 5) is 18.8. The van der Waals surface area contributed by atoms with E-state index >= 15 is 0 Å². The Kier molecular flexibility index (Phi) is 5.19. The van der Waals surface area contributed by atoms with Gasteiger partial charge in [0.25, 0.3) is 11.3 Å². The minimum atomic E-state index is -2.11. The molecule has 0 spiro atoms. The van der Waals surface area contributed by atoms with Gasteiger partial charge in [-0.2, -0.15) is 0 Å². The molecule has 3 rings (SSSR count). The number of methoxy groups -OCH3 is 1. The van der Waals surface area contributed by atoms with Gasteiger partial charge in [0.05, 0.1) is 19.0 Å². The minimum Gasteiger partial charge on any atom is -0.464 e. The van der Waals surface area contributed by atoms with Crippen molar-refractivity contribution in [3.05, 3.63) is 53.3 Å². The molecule has 1 atom stereocenters. The number of carbonyl (C=O) groups excluding carboxylic acids is 1. The molecule has 0 aliphatic heterocycles. The summed E-state index contributed by atoms with van der Waals surface area (Å²) in [5.41, 5.74) is 4.33. The van der Waals surface area contributed by atoms with E-state index in [-0.39, 0.29) is 0 Å². The number of H-pyrrole nitrogens is 1. The number of nitrogens with zero attached hydrogens (tertiary/aromatic N) is 1. The number of aromatic amines is 1. The third-order valence-electron chi connectivity index (χ3n) is 3.91. The molecule has 3 aromatic rings. The fourth-order valence-corrected chi connectivity index (χ4v) is 2.88. The third kappa shape index (κ3) is 4.01. The number of esters is 1. The van der Waals surface area contributed by atoms with E-state index in [0.717, 1.165) is 22.2 Å². The predicted molar refractivity (Wildman–Crippen MR) is 100 cm³/mol. The van der Waals surface area contributed by atoms with Crippen molar-refractivity contribution < 1.29 is 18.3 Å². The Balaban J connectivity index is 1.77. The van der Waals surface area contributed by atoms with Gasteiger partial charge >= 0.3 is 5.97 Å². The third-order valence-corrected chi connectivity index (χ3v) is 4.32. The molecule has 9 heteroatoms. The van der Waals surface area contributed by atoms with E-state index in [0.29, 0.717) is 23.6 Å². The fourth-order valence-electron chi connectivity index (χ4n) is 2.56. The first-order valence-corrected chi connectivity index (χ1v) is 8.85. The molecule has 1 aromatic carbocycles. The van der Waals surface area contributed by atoms with Gasteiger partial charge in [-0.05, 0) is 42.3 Å². The van der Waals surface area contributed by atoms with Crippen LogP contribution in [0.25, 0.3) is 11.0 Å². The van der Waals surface area contributed by atoms with Crippen molar-refractivity contribution in [2.75, 3.05) is 17.1 Å². The molecule has 26 heavy (non-hydrogen) atoms. The van der Waals surface area contributed by atoms with Crippen molar-refractivity contribution in [1.82, 2.24) is 9.97 Å². The number of fused-ring (bicyclic) bond motifs is 1. The molecule has 0 aliphatic rings. The molecule has 1 unspecified atom stereocenters. The Hall–Kier alpha value is -2.91. The number of pyridine rings is 1. The van der Waals surface area contributed by atoms with Gasteiger partial charge in [-0.3, -0.25) is 9.27 Å². The van der Waals surface area contributed by atoms with Crippen LogP contribution in [0, 0.1) is 6.92 Å². The van der Waals surface area contributed by atoms with Crippen molar-refractivity contribution in [2.45, 2.75) is 13.5 Å². The lowest BCUT2D eigenvalue weighted by molar-refractivity contribution is 0.0595. The molecule has 0 fully saturated rings. The number of hydrogen-bond donors (Lipinski definition) is 4. The molecule has 0 bridgehead atoms. The number of nitrogens with one attached hydrogen (secondary N) is 3. The Labute approximate surface area is 152 Å². The van der Waals surface area contributed by atoms with Gasteiger partial charge in [-0.1, -0.05) is 6.07 Å². The van der Waals surface area contributed by atoms with Gasteiger partial charge in [-0.25, -0.2) is 14.0 Å². The zero-order chi connectivity index (χ0) is 18.7. The van der Waals surface area contributed by atoms with Gasteiger partial charge < -0.3 is 15.0 Å². The monoisotopic (exact) mass is 374 g/mol. The summed E-state index contributed by atoms with van der Waals surface area (Å²) in [6.07, 6.45) is 1.67. The Morgan fingerprint density at radius 1 is 1.31 bits per heavy atom. The summed E-state index contributed by atoms with van der Waals surface area (Å²) >= 11 is -2.11. The number of ether oxygens (including phenoxy) is 1. The van der Waals surface area contributed by atoms with E-state index in [9.17, 15) is 9.00 Å². The number of rotatable bonds is 6. The molecule has 0 aliphatic carbocycles. The van der Waals surface area contributed by atoms with E-state index in [1.165, 1.54) is 7.11 Å². The normalized spacial score (nSPS) is 12.0. The second-order valence-electron chi connectivity index (χ2n) is 5.68. The van der Waals surface area contributed by atoms with Gasteiger partial charge in [0, 0.05) is 17.6 Å². The number of benzene rings is 1. The molecular formula is C17H18N4O4S. The van der Waals surface area contributed by atoms with E-state index in [2.05, 4.69) is 20.0 Å². The van der Waals surface area contributed by atoms with E-state index in [1.54, 1.807) is 18.3 Å². The highest BCUT2D eigenvalue weighted by atomic mass is 32.2. The second kappa shape index (κ2) is 7.54. The van der Waals surface area contributed by atoms with Gasteiger partial charge in [-0.15, -0.1) is 0 Å².